The molecule has 1 fully saturated rings. The third kappa shape index (κ3) is 14.9. The number of benzene rings is 7. The van der Waals surface area contributed by atoms with Crippen LogP contribution in [-0.4, -0.2) is 109 Å². The van der Waals surface area contributed by atoms with Crippen LogP contribution in [0.3, 0.4) is 0 Å². The van der Waals surface area contributed by atoms with Gasteiger partial charge in [-0.3, -0.25) is 0 Å². The van der Waals surface area contributed by atoms with Gasteiger partial charge < -0.3 is 82.4 Å². The van der Waals surface area contributed by atoms with Crippen molar-refractivity contribution in [2.24, 2.45) is 0 Å². The zero-order valence-electron chi connectivity index (χ0n) is 42.7. The Morgan fingerprint density at radius 2 is 0.810 bits per heavy atom. The molecule has 1 saturated heterocycles. The van der Waals surface area contributed by atoms with Crippen LogP contribution in [0.15, 0.2) is 158 Å². The summed E-state index contributed by atoms with van der Waals surface area (Å²) in [6.45, 7) is -1.19. The molecule has 20 heteroatoms. The number of methoxy groups -OCH3 is 2. The Morgan fingerprint density at radius 1 is 0.456 bits per heavy atom. The Bertz CT molecular complexity index is 2970. The number of phenolic OH excluding ortho intramolecular Hbond substituents is 3. The van der Waals surface area contributed by atoms with E-state index in [1.54, 1.807) is 0 Å². The predicted octanol–water partition coefficient (Wildman–Crippen LogP) is 7.77. The summed E-state index contributed by atoms with van der Waals surface area (Å²) in [5, 5.41) is 53.4. The summed E-state index contributed by atoms with van der Waals surface area (Å²) in [6, 6.07) is 43.5. The molecule has 0 amide bonds. The molecule has 20 nitrogen and oxygen atoms in total. The summed E-state index contributed by atoms with van der Waals surface area (Å²) in [5.41, 5.74) is 2.28. The fourth-order valence-electron chi connectivity index (χ4n) is 7.89. The highest BCUT2D eigenvalue weighted by Gasteiger charge is 2.49. The van der Waals surface area contributed by atoms with Gasteiger partial charge in [-0.25, -0.2) is 14.4 Å². The van der Waals surface area contributed by atoms with Crippen LogP contribution >= 0.6 is 0 Å². The summed E-state index contributed by atoms with van der Waals surface area (Å²) in [6.07, 6.45) is -9.94. The normalized spacial score (nSPS) is 16.7. The van der Waals surface area contributed by atoms with Crippen LogP contribution in [0.1, 0.15) is 53.3 Å². The number of aliphatic hydroxyl groups is 2. The molecule has 0 unspecified atom stereocenters. The van der Waals surface area contributed by atoms with Crippen molar-refractivity contribution in [1.82, 2.24) is 0 Å². The second kappa shape index (κ2) is 27.3. The lowest BCUT2D eigenvalue weighted by atomic mass is 9.98. The molecule has 412 valence electrons. The number of ether oxygens (including phenoxy) is 12. The lowest BCUT2D eigenvalue weighted by Crippen LogP contribution is -2.61. The second-order valence-corrected chi connectivity index (χ2v) is 17.6. The van der Waals surface area contributed by atoms with Gasteiger partial charge >= 0.3 is 17.9 Å². The van der Waals surface area contributed by atoms with Crippen LogP contribution in [0.2, 0.25) is 0 Å². The second-order valence-electron chi connectivity index (χ2n) is 17.6. The van der Waals surface area contributed by atoms with Gasteiger partial charge in [-0.05, 0) is 58.7 Å². The first-order valence-corrected chi connectivity index (χ1v) is 24.5. The van der Waals surface area contributed by atoms with Crippen molar-refractivity contribution in [3.63, 3.8) is 0 Å². The van der Waals surface area contributed by atoms with Crippen molar-refractivity contribution >= 4 is 17.9 Å². The summed E-state index contributed by atoms with van der Waals surface area (Å²) in [7, 11) is 2.84. The number of rotatable bonds is 25. The number of hydrogen-bond donors (Lipinski definition) is 5. The molecule has 0 spiro atoms. The van der Waals surface area contributed by atoms with Gasteiger partial charge in [0.15, 0.2) is 59.9 Å². The predicted molar refractivity (Wildman–Crippen MR) is 278 cm³/mol. The zero-order valence-corrected chi connectivity index (χ0v) is 42.7. The molecule has 8 rings (SSSR count). The van der Waals surface area contributed by atoms with Crippen LogP contribution in [0, 0.1) is 0 Å². The Balaban J connectivity index is 1.12. The van der Waals surface area contributed by atoms with Crippen molar-refractivity contribution < 1.29 is 96.8 Å². The molecule has 5 N–H and O–H groups in total. The third-order valence-electron chi connectivity index (χ3n) is 11.9. The standard InChI is InChI=1S/C59H56O20/c1-68-34-75-53-45(70-29-36-15-7-3-8-16-36)25-41(26-46(53)71-30-37-17-9-4-10-18-37)56(65)74-33-49-55(51(63)52(64)59(77-49)79-58(67)40-23-43(60)50(62)44(61)24-40)78-57(66)42-27-47(72-31-38-19-11-5-12-20-38)54(76-35-69-2)48(28-42)73-32-39-21-13-6-14-22-39/h3-28,49,51-52,55,59-64H,29-35H2,1-2H3/t49-,51-,52-,55-,59+/m1/s1. The van der Waals surface area contributed by atoms with Crippen molar-refractivity contribution in [3.05, 3.63) is 197 Å². The highest BCUT2D eigenvalue weighted by molar-refractivity contribution is 5.93. The van der Waals surface area contributed by atoms with Gasteiger partial charge in [0.25, 0.3) is 0 Å². The maximum atomic E-state index is 14.5. The van der Waals surface area contributed by atoms with Gasteiger partial charge in [-0.2, -0.15) is 0 Å². The highest BCUT2D eigenvalue weighted by atomic mass is 16.7. The Hall–Kier alpha value is -9.05. The summed E-state index contributed by atoms with van der Waals surface area (Å²) < 4.78 is 70.4. The zero-order chi connectivity index (χ0) is 55.7. The largest absolute Gasteiger partial charge is 0.504 e. The summed E-state index contributed by atoms with van der Waals surface area (Å²) in [5.74, 6) is -5.77. The maximum absolute atomic E-state index is 14.5. The molecule has 1 aliphatic heterocycles. The lowest BCUT2D eigenvalue weighted by Gasteiger charge is -2.41. The molecule has 0 radical (unpaired) electrons. The maximum Gasteiger partial charge on any atom is 0.340 e. The third-order valence-corrected chi connectivity index (χ3v) is 11.9. The fourth-order valence-corrected chi connectivity index (χ4v) is 7.89. The number of carbonyl (C=O) groups excluding carboxylic acids is 3. The van der Waals surface area contributed by atoms with Gasteiger partial charge in [-0.15, -0.1) is 0 Å². The van der Waals surface area contributed by atoms with Crippen LogP contribution in [0.25, 0.3) is 0 Å². The van der Waals surface area contributed by atoms with Crippen molar-refractivity contribution in [1.29, 1.82) is 0 Å². The molecule has 5 atom stereocenters. The monoisotopic (exact) mass is 1080 g/mol. The lowest BCUT2D eigenvalue weighted by molar-refractivity contribution is -0.284. The Labute approximate surface area is 453 Å². The molecule has 0 aliphatic carbocycles. The summed E-state index contributed by atoms with van der Waals surface area (Å²) in [4.78, 5) is 42.3. The number of carbonyl (C=O) groups is 3. The van der Waals surface area contributed by atoms with E-state index in [4.69, 9.17) is 56.8 Å². The van der Waals surface area contributed by atoms with Crippen LogP contribution in [0.5, 0.6) is 51.7 Å². The topological polar surface area (TPSA) is 263 Å². The Morgan fingerprint density at radius 3 is 1.19 bits per heavy atom. The smallest absolute Gasteiger partial charge is 0.340 e. The first-order chi connectivity index (χ1) is 38.4. The first kappa shape index (κ1) is 56.2. The molecule has 1 heterocycles. The van der Waals surface area contributed by atoms with E-state index in [2.05, 4.69) is 0 Å². The average Bonchev–Trinajstić information content (AvgIpc) is 3.47. The minimum Gasteiger partial charge on any atom is -0.504 e. The Kier molecular flexibility index (Phi) is 19.4. The molecular weight excluding hydrogens is 1030 g/mol. The number of hydrogen-bond acceptors (Lipinski definition) is 20. The molecule has 7 aromatic rings. The van der Waals surface area contributed by atoms with Crippen molar-refractivity contribution in [2.45, 2.75) is 57.1 Å². The minimum atomic E-state index is -2.15. The van der Waals surface area contributed by atoms with Gasteiger partial charge in [0.2, 0.25) is 17.8 Å². The van der Waals surface area contributed by atoms with E-state index in [9.17, 15) is 39.9 Å². The minimum absolute atomic E-state index is 0.0172. The molecular formula is C59H56O20. The molecule has 0 bridgehead atoms. The van der Waals surface area contributed by atoms with Crippen molar-refractivity contribution in [2.75, 3.05) is 34.4 Å². The van der Waals surface area contributed by atoms with E-state index < -0.39 is 78.0 Å². The fraction of sp³-hybridized carbons (Fsp3) is 0.237. The van der Waals surface area contributed by atoms with Crippen molar-refractivity contribution in [3.8, 4) is 51.7 Å². The van der Waals surface area contributed by atoms with E-state index in [0.29, 0.717) is 0 Å². The van der Waals surface area contributed by atoms with E-state index >= 15 is 0 Å². The molecule has 1 aliphatic rings. The number of phenols is 3. The molecule has 0 saturated carbocycles. The first-order valence-electron chi connectivity index (χ1n) is 24.5. The molecule has 7 aromatic carbocycles. The average molecular weight is 1090 g/mol. The van der Waals surface area contributed by atoms with Gasteiger partial charge in [0.05, 0.1) is 16.7 Å². The SMILES string of the molecule is COCOc1c(OCc2ccccc2)cc(C(=O)OC[C@H]2O[C@@H](OC(=O)c3cc(O)c(O)c(O)c3)[C@H](O)[C@@H](O)[C@@H]2OC(=O)c2cc(OCc3ccccc3)c(OCOC)c(OCc3ccccc3)c2)cc1OCc1ccccc1. The van der Waals surface area contributed by atoms with Gasteiger partial charge in [-0.1, -0.05) is 121 Å². The van der Waals surface area contributed by atoms with Crippen LogP contribution in [-0.2, 0) is 54.8 Å². The number of aromatic hydroxyl groups is 3. The van der Waals surface area contributed by atoms with Gasteiger partial charge in [0, 0.05) is 14.2 Å². The van der Waals surface area contributed by atoms with E-state index in [1.807, 2.05) is 121 Å². The quantitative estimate of drug-likeness (QED) is 0.0158. The van der Waals surface area contributed by atoms with Crippen LogP contribution < -0.4 is 28.4 Å². The molecule has 0 aromatic heterocycles. The molecule has 79 heavy (non-hydrogen) atoms. The highest BCUT2D eigenvalue weighted by Crippen LogP contribution is 2.43. The van der Waals surface area contributed by atoms with E-state index in [0.717, 1.165) is 34.4 Å². The van der Waals surface area contributed by atoms with E-state index in [1.165, 1.54) is 38.5 Å². The van der Waals surface area contributed by atoms with Gasteiger partial charge in [0.1, 0.15) is 51.3 Å². The number of aliphatic hydroxyl groups excluding tert-OH is 2. The number of esters is 3. The summed E-state index contributed by atoms with van der Waals surface area (Å²) >= 11 is 0. The van der Waals surface area contributed by atoms with Crippen LogP contribution in [0.4, 0.5) is 0 Å². The van der Waals surface area contributed by atoms with E-state index in [-0.39, 0.29) is 85.6 Å².